The van der Waals surface area contributed by atoms with Crippen molar-refractivity contribution in [1.82, 2.24) is 9.97 Å². The van der Waals surface area contributed by atoms with Crippen molar-refractivity contribution in [1.29, 1.82) is 0 Å². The van der Waals surface area contributed by atoms with E-state index in [4.69, 9.17) is 14.2 Å². The highest BCUT2D eigenvalue weighted by Crippen LogP contribution is 2.28. The summed E-state index contributed by atoms with van der Waals surface area (Å²) in [4.78, 5) is 20.7. The van der Waals surface area contributed by atoms with E-state index in [0.29, 0.717) is 29.2 Å². The smallest absolute Gasteiger partial charge is 0.340 e. The van der Waals surface area contributed by atoms with Gasteiger partial charge in [-0.05, 0) is 36.8 Å². The molecular weight excluding hydrogens is 346 g/mol. The normalized spacial score (nSPS) is 10.5. The highest BCUT2D eigenvalue weighted by Gasteiger charge is 2.15. The summed E-state index contributed by atoms with van der Waals surface area (Å²) in [5.41, 5.74) is 2.83. The van der Waals surface area contributed by atoms with Crippen LogP contribution in [-0.4, -0.2) is 37.3 Å². The van der Waals surface area contributed by atoms with Gasteiger partial charge >= 0.3 is 5.97 Å². The fourth-order valence-electron chi connectivity index (χ4n) is 2.90. The standard InChI is InChI=1S/C20H21N3O4/c1-12-7-15-18(16(8-12)20(24)27-4)22-11-23-19(15)21-10-13-5-6-14(25-2)9-17(13)26-3/h5-9,11H,10H2,1-4H3,(H,21,22,23). The van der Waals surface area contributed by atoms with Crippen LogP contribution in [-0.2, 0) is 11.3 Å². The van der Waals surface area contributed by atoms with Crippen molar-refractivity contribution in [2.45, 2.75) is 13.5 Å². The molecule has 27 heavy (non-hydrogen) atoms. The van der Waals surface area contributed by atoms with Gasteiger partial charge in [-0.25, -0.2) is 14.8 Å². The molecule has 0 unspecified atom stereocenters. The molecule has 2 aromatic carbocycles. The number of aromatic nitrogens is 2. The lowest BCUT2D eigenvalue weighted by Gasteiger charge is -2.13. The molecule has 0 aliphatic carbocycles. The summed E-state index contributed by atoms with van der Waals surface area (Å²) >= 11 is 0. The Morgan fingerprint density at radius 1 is 1.07 bits per heavy atom. The summed E-state index contributed by atoms with van der Waals surface area (Å²) in [6, 6.07) is 9.33. The number of nitrogens with zero attached hydrogens (tertiary/aromatic N) is 2. The molecule has 0 amide bonds. The van der Waals surface area contributed by atoms with Crippen LogP contribution in [0, 0.1) is 6.92 Å². The number of methoxy groups -OCH3 is 3. The first-order valence-electron chi connectivity index (χ1n) is 8.35. The van der Waals surface area contributed by atoms with Gasteiger partial charge in [-0.1, -0.05) is 0 Å². The molecule has 7 heteroatoms. The Hall–Kier alpha value is -3.35. The van der Waals surface area contributed by atoms with Crippen molar-refractivity contribution in [2.75, 3.05) is 26.6 Å². The van der Waals surface area contributed by atoms with Gasteiger partial charge in [0, 0.05) is 23.6 Å². The highest BCUT2D eigenvalue weighted by molar-refractivity contribution is 6.05. The molecule has 0 radical (unpaired) electrons. The van der Waals surface area contributed by atoms with Crippen LogP contribution in [0.5, 0.6) is 11.5 Å². The molecule has 0 saturated carbocycles. The van der Waals surface area contributed by atoms with Gasteiger partial charge in [0.1, 0.15) is 23.6 Å². The SMILES string of the molecule is COC(=O)c1cc(C)cc2c(NCc3ccc(OC)cc3OC)ncnc12. The average molecular weight is 367 g/mol. The lowest BCUT2D eigenvalue weighted by molar-refractivity contribution is 0.0602. The van der Waals surface area contributed by atoms with Gasteiger partial charge in [0.2, 0.25) is 0 Å². The Morgan fingerprint density at radius 2 is 1.89 bits per heavy atom. The molecule has 0 spiro atoms. The summed E-state index contributed by atoms with van der Waals surface area (Å²) in [5, 5.41) is 4.06. The molecule has 0 atom stereocenters. The molecule has 0 bridgehead atoms. The number of carbonyl (C=O) groups is 1. The van der Waals surface area contributed by atoms with Crippen molar-refractivity contribution in [3.8, 4) is 11.5 Å². The Balaban J connectivity index is 1.96. The summed E-state index contributed by atoms with van der Waals surface area (Å²) < 4.78 is 15.5. The van der Waals surface area contributed by atoms with Crippen molar-refractivity contribution in [3.05, 3.63) is 53.3 Å². The Kier molecular flexibility index (Phi) is 5.40. The van der Waals surface area contributed by atoms with Gasteiger partial charge in [-0.2, -0.15) is 0 Å². The summed E-state index contributed by atoms with van der Waals surface area (Å²) in [6.45, 7) is 2.40. The van der Waals surface area contributed by atoms with Gasteiger partial charge < -0.3 is 19.5 Å². The maximum atomic E-state index is 12.1. The first kappa shape index (κ1) is 18.4. The van der Waals surface area contributed by atoms with Gasteiger partial charge in [-0.3, -0.25) is 0 Å². The number of esters is 1. The molecule has 7 nitrogen and oxygen atoms in total. The Labute approximate surface area is 157 Å². The number of aryl methyl sites for hydroxylation is 1. The van der Waals surface area contributed by atoms with Gasteiger partial charge in [0.15, 0.2) is 0 Å². The molecule has 0 saturated heterocycles. The van der Waals surface area contributed by atoms with Crippen LogP contribution >= 0.6 is 0 Å². The molecule has 1 aromatic heterocycles. The minimum Gasteiger partial charge on any atom is -0.497 e. The van der Waals surface area contributed by atoms with E-state index in [1.807, 2.05) is 31.2 Å². The van der Waals surface area contributed by atoms with Crippen molar-refractivity contribution >= 4 is 22.7 Å². The first-order valence-corrected chi connectivity index (χ1v) is 8.35. The third kappa shape index (κ3) is 3.76. The van der Waals surface area contributed by atoms with Crippen LogP contribution in [0.4, 0.5) is 5.82 Å². The average Bonchev–Trinajstić information content (AvgIpc) is 2.70. The highest BCUT2D eigenvalue weighted by atomic mass is 16.5. The van der Waals surface area contributed by atoms with Gasteiger partial charge in [-0.15, -0.1) is 0 Å². The molecular formula is C20H21N3O4. The van der Waals surface area contributed by atoms with E-state index in [0.717, 1.165) is 22.3 Å². The van der Waals surface area contributed by atoms with E-state index >= 15 is 0 Å². The van der Waals surface area contributed by atoms with Crippen LogP contribution in [0.3, 0.4) is 0 Å². The summed E-state index contributed by atoms with van der Waals surface area (Å²) in [6.07, 6.45) is 1.43. The van der Waals surface area contributed by atoms with Crippen molar-refractivity contribution < 1.29 is 19.0 Å². The zero-order valence-corrected chi connectivity index (χ0v) is 15.7. The Bertz CT molecular complexity index is 988. The maximum Gasteiger partial charge on any atom is 0.340 e. The number of fused-ring (bicyclic) bond motifs is 1. The molecule has 3 rings (SSSR count). The number of carbonyl (C=O) groups excluding carboxylic acids is 1. The number of ether oxygens (including phenoxy) is 3. The van der Waals surface area contributed by atoms with E-state index in [9.17, 15) is 4.79 Å². The van der Waals surface area contributed by atoms with Crippen molar-refractivity contribution in [3.63, 3.8) is 0 Å². The summed E-state index contributed by atoms with van der Waals surface area (Å²) in [7, 11) is 4.58. The Morgan fingerprint density at radius 3 is 2.59 bits per heavy atom. The van der Waals surface area contributed by atoms with Crippen molar-refractivity contribution in [2.24, 2.45) is 0 Å². The van der Waals surface area contributed by atoms with Crippen LogP contribution in [0.15, 0.2) is 36.7 Å². The van der Waals surface area contributed by atoms with Crippen LogP contribution in [0.1, 0.15) is 21.5 Å². The molecule has 3 aromatic rings. The summed E-state index contributed by atoms with van der Waals surface area (Å²) in [5.74, 6) is 1.64. The predicted octanol–water partition coefficient (Wildman–Crippen LogP) is 3.35. The van der Waals surface area contributed by atoms with Gasteiger partial charge in [0.25, 0.3) is 0 Å². The molecule has 140 valence electrons. The number of hydrogen-bond donors (Lipinski definition) is 1. The fourth-order valence-corrected chi connectivity index (χ4v) is 2.90. The van der Waals surface area contributed by atoms with Gasteiger partial charge in [0.05, 0.1) is 32.4 Å². The number of nitrogens with one attached hydrogen (secondary N) is 1. The topological polar surface area (TPSA) is 82.6 Å². The quantitative estimate of drug-likeness (QED) is 0.669. The second-order valence-corrected chi connectivity index (χ2v) is 5.95. The molecule has 0 aliphatic heterocycles. The fraction of sp³-hybridized carbons (Fsp3) is 0.250. The second-order valence-electron chi connectivity index (χ2n) is 5.95. The predicted molar refractivity (Wildman–Crippen MR) is 102 cm³/mol. The molecule has 1 N–H and O–H groups in total. The number of hydrogen-bond acceptors (Lipinski definition) is 7. The number of rotatable bonds is 6. The minimum atomic E-state index is -0.426. The molecule has 0 aliphatic rings. The molecule has 1 heterocycles. The van der Waals surface area contributed by atoms with Crippen LogP contribution in [0.25, 0.3) is 10.9 Å². The van der Waals surface area contributed by atoms with E-state index in [1.165, 1.54) is 13.4 Å². The zero-order valence-electron chi connectivity index (χ0n) is 15.7. The minimum absolute atomic E-state index is 0.417. The van der Waals surface area contributed by atoms with E-state index < -0.39 is 5.97 Å². The van der Waals surface area contributed by atoms with E-state index in [2.05, 4.69) is 15.3 Å². The monoisotopic (exact) mass is 367 g/mol. The largest absolute Gasteiger partial charge is 0.497 e. The maximum absolute atomic E-state index is 12.1. The molecule has 0 fully saturated rings. The lowest BCUT2D eigenvalue weighted by atomic mass is 10.1. The third-order valence-corrected chi connectivity index (χ3v) is 4.23. The first-order chi connectivity index (χ1) is 13.1. The van der Waals surface area contributed by atoms with Crippen LogP contribution < -0.4 is 14.8 Å². The third-order valence-electron chi connectivity index (χ3n) is 4.23. The number of benzene rings is 2. The van der Waals surface area contributed by atoms with E-state index in [1.54, 1.807) is 20.3 Å². The second kappa shape index (κ2) is 7.90. The lowest BCUT2D eigenvalue weighted by Crippen LogP contribution is -2.07. The van der Waals surface area contributed by atoms with Crippen LogP contribution in [0.2, 0.25) is 0 Å². The number of anilines is 1. The van der Waals surface area contributed by atoms with E-state index in [-0.39, 0.29) is 0 Å². The zero-order chi connectivity index (χ0) is 19.4.